The summed E-state index contributed by atoms with van der Waals surface area (Å²) in [6, 6.07) is 0. The lowest BCUT2D eigenvalue weighted by Crippen LogP contribution is -2.11. The minimum atomic E-state index is 0.358. The molecule has 1 aliphatic carbocycles. The van der Waals surface area contributed by atoms with E-state index in [0.717, 1.165) is 31.2 Å². The molecule has 2 nitrogen and oxygen atoms in total. The number of unbranched alkanes of at least 4 members (excludes halogenated alkanes) is 2. The molecule has 0 bridgehead atoms. The third-order valence-corrected chi connectivity index (χ3v) is 3.53. The van der Waals surface area contributed by atoms with Crippen molar-refractivity contribution in [1.29, 1.82) is 0 Å². The van der Waals surface area contributed by atoms with Crippen LogP contribution in [0.15, 0.2) is 0 Å². The van der Waals surface area contributed by atoms with Gasteiger partial charge in [-0.25, -0.2) is 0 Å². The highest BCUT2D eigenvalue weighted by atomic mass is 16.1. The van der Waals surface area contributed by atoms with Gasteiger partial charge in [-0.2, -0.15) is 0 Å². The molecule has 2 rings (SSSR count). The molecule has 0 amide bonds. The zero-order chi connectivity index (χ0) is 11.5. The molecule has 0 aromatic carbocycles. The number of aromatic amines is 1. The lowest BCUT2D eigenvalue weighted by atomic mass is 9.91. The number of H-pyrrole nitrogens is 1. The number of carbonyl (C=O) groups excluding carboxylic acids is 1. The van der Waals surface area contributed by atoms with Gasteiger partial charge in [0.15, 0.2) is 5.78 Å². The van der Waals surface area contributed by atoms with Gasteiger partial charge >= 0.3 is 0 Å². The Morgan fingerprint density at radius 1 is 1.25 bits per heavy atom. The number of hydrogen-bond donors (Lipinski definition) is 1. The van der Waals surface area contributed by atoms with Gasteiger partial charge in [0.05, 0.1) is 0 Å². The Balaban J connectivity index is 2.23. The number of fused-ring (bicyclic) bond motifs is 1. The molecule has 0 radical (unpaired) electrons. The fraction of sp³-hybridized carbons (Fsp3) is 0.643. The highest BCUT2D eigenvalue weighted by molar-refractivity contribution is 6.00. The van der Waals surface area contributed by atoms with Crippen molar-refractivity contribution in [1.82, 2.24) is 4.98 Å². The number of aryl methyl sites for hydroxylation is 2. The standard InChI is InChI=1S/C14H21NO/c1-3-4-5-7-11-10(2)15-12-8-6-9-13(16)14(11)12/h15H,3-9H2,1-2H3. The largest absolute Gasteiger partial charge is 0.362 e. The summed E-state index contributed by atoms with van der Waals surface area (Å²) >= 11 is 0. The van der Waals surface area contributed by atoms with E-state index in [4.69, 9.17) is 0 Å². The first kappa shape index (κ1) is 11.4. The first-order valence-electron chi connectivity index (χ1n) is 6.47. The summed E-state index contributed by atoms with van der Waals surface area (Å²) in [5, 5.41) is 0. The van der Waals surface area contributed by atoms with E-state index in [0.29, 0.717) is 5.78 Å². The van der Waals surface area contributed by atoms with Crippen LogP contribution in [0.4, 0.5) is 0 Å². The van der Waals surface area contributed by atoms with Crippen LogP contribution in [0.2, 0.25) is 0 Å². The average molecular weight is 219 g/mol. The van der Waals surface area contributed by atoms with E-state index in [-0.39, 0.29) is 0 Å². The van der Waals surface area contributed by atoms with Crippen molar-refractivity contribution in [2.75, 3.05) is 0 Å². The van der Waals surface area contributed by atoms with Crippen LogP contribution in [0.5, 0.6) is 0 Å². The van der Waals surface area contributed by atoms with Crippen molar-refractivity contribution >= 4 is 5.78 Å². The summed E-state index contributed by atoms with van der Waals surface area (Å²) in [5.41, 5.74) is 4.75. The molecule has 88 valence electrons. The first-order chi connectivity index (χ1) is 7.74. The fourth-order valence-electron chi connectivity index (χ4n) is 2.67. The number of nitrogens with one attached hydrogen (secondary N) is 1. The maximum absolute atomic E-state index is 11.9. The zero-order valence-electron chi connectivity index (χ0n) is 10.4. The fourth-order valence-corrected chi connectivity index (χ4v) is 2.67. The molecule has 0 aliphatic heterocycles. The van der Waals surface area contributed by atoms with Gasteiger partial charge in [-0.1, -0.05) is 19.8 Å². The average Bonchev–Trinajstić information content (AvgIpc) is 2.57. The molecule has 0 unspecified atom stereocenters. The molecule has 0 saturated heterocycles. The quantitative estimate of drug-likeness (QED) is 0.771. The number of rotatable bonds is 4. The van der Waals surface area contributed by atoms with Gasteiger partial charge in [-0.3, -0.25) is 4.79 Å². The van der Waals surface area contributed by atoms with Gasteiger partial charge in [0.1, 0.15) is 0 Å². The summed E-state index contributed by atoms with van der Waals surface area (Å²) < 4.78 is 0. The van der Waals surface area contributed by atoms with E-state index in [2.05, 4.69) is 18.8 Å². The first-order valence-corrected chi connectivity index (χ1v) is 6.47. The third-order valence-electron chi connectivity index (χ3n) is 3.53. The van der Waals surface area contributed by atoms with Crippen molar-refractivity contribution in [3.8, 4) is 0 Å². The second-order valence-electron chi connectivity index (χ2n) is 4.82. The highest BCUT2D eigenvalue weighted by Gasteiger charge is 2.23. The van der Waals surface area contributed by atoms with Crippen molar-refractivity contribution in [2.24, 2.45) is 0 Å². The second-order valence-corrected chi connectivity index (χ2v) is 4.82. The molecule has 1 aliphatic rings. The monoisotopic (exact) mass is 219 g/mol. The van der Waals surface area contributed by atoms with Crippen molar-refractivity contribution in [2.45, 2.75) is 58.8 Å². The highest BCUT2D eigenvalue weighted by Crippen LogP contribution is 2.27. The Morgan fingerprint density at radius 2 is 2.06 bits per heavy atom. The van der Waals surface area contributed by atoms with Crippen LogP contribution in [-0.4, -0.2) is 10.8 Å². The summed E-state index contributed by atoms with van der Waals surface area (Å²) in [7, 11) is 0. The molecule has 1 N–H and O–H groups in total. The molecule has 2 heteroatoms. The molecule has 0 spiro atoms. The van der Waals surface area contributed by atoms with Gasteiger partial charge in [-0.05, 0) is 38.2 Å². The van der Waals surface area contributed by atoms with E-state index in [9.17, 15) is 4.79 Å². The molecule has 1 aromatic rings. The second kappa shape index (κ2) is 4.86. The van der Waals surface area contributed by atoms with Crippen molar-refractivity contribution in [3.63, 3.8) is 0 Å². The number of carbonyl (C=O) groups is 1. The maximum atomic E-state index is 11.9. The van der Waals surface area contributed by atoms with Crippen LogP contribution in [0.25, 0.3) is 0 Å². The predicted molar refractivity (Wildman–Crippen MR) is 66.0 cm³/mol. The number of aromatic nitrogens is 1. The van der Waals surface area contributed by atoms with Crippen LogP contribution in [-0.2, 0) is 12.8 Å². The molecular weight excluding hydrogens is 198 g/mol. The van der Waals surface area contributed by atoms with E-state index in [1.807, 2.05) is 0 Å². The van der Waals surface area contributed by atoms with Gasteiger partial charge in [0, 0.05) is 23.4 Å². The molecule has 0 atom stereocenters. The molecule has 0 fully saturated rings. The zero-order valence-corrected chi connectivity index (χ0v) is 10.4. The van der Waals surface area contributed by atoms with Crippen LogP contribution < -0.4 is 0 Å². The van der Waals surface area contributed by atoms with Crippen LogP contribution >= 0.6 is 0 Å². The third kappa shape index (κ3) is 2.06. The Kier molecular flexibility index (Phi) is 3.47. The number of ketones is 1. The lowest BCUT2D eigenvalue weighted by molar-refractivity contribution is 0.0971. The summed E-state index contributed by atoms with van der Waals surface area (Å²) in [6.45, 7) is 4.32. The summed E-state index contributed by atoms with van der Waals surface area (Å²) in [5.74, 6) is 0.358. The number of hydrogen-bond acceptors (Lipinski definition) is 1. The minimum absolute atomic E-state index is 0.358. The van der Waals surface area contributed by atoms with Gasteiger partial charge in [0.2, 0.25) is 0 Å². The lowest BCUT2D eigenvalue weighted by Gasteiger charge is -2.11. The predicted octanol–water partition coefficient (Wildman–Crippen LogP) is 3.57. The van der Waals surface area contributed by atoms with E-state index in [1.54, 1.807) is 0 Å². The Labute approximate surface area is 97.4 Å². The topological polar surface area (TPSA) is 32.9 Å². The SMILES string of the molecule is CCCCCc1c(C)[nH]c2c1C(=O)CCC2. The normalized spacial score (nSPS) is 15.2. The van der Waals surface area contributed by atoms with E-state index in [1.165, 1.54) is 36.2 Å². The molecule has 1 aromatic heterocycles. The molecule has 1 heterocycles. The van der Waals surface area contributed by atoms with Gasteiger partial charge < -0.3 is 4.98 Å². The van der Waals surface area contributed by atoms with Crippen LogP contribution in [0.1, 0.15) is 66.3 Å². The number of Topliss-reactive ketones (excluding diaryl/α,β-unsaturated/α-hetero) is 1. The van der Waals surface area contributed by atoms with Gasteiger partial charge in [-0.15, -0.1) is 0 Å². The summed E-state index contributed by atoms with van der Waals surface area (Å²) in [4.78, 5) is 15.3. The van der Waals surface area contributed by atoms with Gasteiger partial charge in [0.25, 0.3) is 0 Å². The van der Waals surface area contributed by atoms with E-state index < -0.39 is 0 Å². The Bertz CT molecular complexity index is 390. The smallest absolute Gasteiger partial charge is 0.164 e. The minimum Gasteiger partial charge on any atom is -0.362 e. The van der Waals surface area contributed by atoms with Crippen molar-refractivity contribution in [3.05, 3.63) is 22.5 Å². The molecule has 0 saturated carbocycles. The van der Waals surface area contributed by atoms with Crippen LogP contribution in [0, 0.1) is 6.92 Å². The maximum Gasteiger partial charge on any atom is 0.164 e. The Morgan fingerprint density at radius 3 is 2.81 bits per heavy atom. The molecular formula is C14H21NO. The van der Waals surface area contributed by atoms with Crippen LogP contribution in [0.3, 0.4) is 0 Å². The summed E-state index contributed by atoms with van der Waals surface area (Å²) in [6.07, 6.45) is 7.57. The van der Waals surface area contributed by atoms with E-state index >= 15 is 0 Å². The van der Waals surface area contributed by atoms with Crippen molar-refractivity contribution < 1.29 is 4.79 Å². The Hall–Kier alpha value is -1.05. The molecule has 16 heavy (non-hydrogen) atoms.